The van der Waals surface area contributed by atoms with Crippen LogP contribution < -0.4 is 0 Å². The SMILES string of the molecule is CC(N=Nc1ccc([N+](=O)[O-])cc1[N+](=O)[O-])c1ccccc1O. The molecule has 1 unspecified atom stereocenters. The fraction of sp³-hybridized carbons (Fsp3) is 0.143. The van der Waals surface area contributed by atoms with E-state index in [1.807, 2.05) is 0 Å². The van der Waals surface area contributed by atoms with Crippen molar-refractivity contribution in [1.29, 1.82) is 0 Å². The van der Waals surface area contributed by atoms with Gasteiger partial charge in [-0.15, -0.1) is 5.11 Å². The summed E-state index contributed by atoms with van der Waals surface area (Å²) in [6, 6.07) is 9.10. The highest BCUT2D eigenvalue weighted by molar-refractivity contribution is 5.61. The lowest BCUT2D eigenvalue weighted by atomic mass is 10.1. The van der Waals surface area contributed by atoms with Crippen molar-refractivity contribution in [2.75, 3.05) is 0 Å². The molecule has 0 aliphatic heterocycles. The molecule has 1 N–H and O–H groups in total. The molecule has 118 valence electrons. The first-order chi connectivity index (χ1) is 10.9. The van der Waals surface area contributed by atoms with Crippen LogP contribution in [0.4, 0.5) is 17.1 Å². The molecule has 0 fully saturated rings. The zero-order valence-electron chi connectivity index (χ0n) is 12.0. The van der Waals surface area contributed by atoms with Crippen LogP contribution in [0, 0.1) is 20.2 Å². The summed E-state index contributed by atoms with van der Waals surface area (Å²) >= 11 is 0. The van der Waals surface area contributed by atoms with E-state index in [9.17, 15) is 25.3 Å². The Morgan fingerprint density at radius 2 is 1.78 bits per heavy atom. The summed E-state index contributed by atoms with van der Waals surface area (Å²) in [6.07, 6.45) is 0. The quantitative estimate of drug-likeness (QED) is 0.505. The van der Waals surface area contributed by atoms with Gasteiger partial charge in [0.25, 0.3) is 5.69 Å². The van der Waals surface area contributed by atoms with E-state index in [1.54, 1.807) is 25.1 Å². The van der Waals surface area contributed by atoms with Gasteiger partial charge < -0.3 is 5.11 Å². The van der Waals surface area contributed by atoms with Gasteiger partial charge in [0, 0.05) is 11.6 Å². The molecule has 0 aliphatic rings. The summed E-state index contributed by atoms with van der Waals surface area (Å²) in [5, 5.41) is 39.1. The Morgan fingerprint density at radius 1 is 1.09 bits per heavy atom. The van der Waals surface area contributed by atoms with Gasteiger partial charge in [-0.1, -0.05) is 18.2 Å². The van der Waals surface area contributed by atoms with Crippen LogP contribution in [-0.4, -0.2) is 15.0 Å². The third-order valence-corrected chi connectivity index (χ3v) is 3.09. The number of azo groups is 1. The zero-order chi connectivity index (χ0) is 17.0. The third-order valence-electron chi connectivity index (χ3n) is 3.09. The van der Waals surface area contributed by atoms with Crippen LogP contribution in [0.15, 0.2) is 52.7 Å². The average Bonchev–Trinajstić information content (AvgIpc) is 2.52. The van der Waals surface area contributed by atoms with E-state index in [1.165, 1.54) is 6.07 Å². The molecular weight excluding hydrogens is 304 g/mol. The molecule has 9 nitrogen and oxygen atoms in total. The lowest BCUT2D eigenvalue weighted by Gasteiger charge is -2.07. The highest BCUT2D eigenvalue weighted by Crippen LogP contribution is 2.33. The molecule has 2 aromatic carbocycles. The first kappa shape index (κ1) is 16.0. The van der Waals surface area contributed by atoms with Gasteiger partial charge in [0.2, 0.25) is 0 Å². The molecule has 0 aromatic heterocycles. The number of hydrogen-bond acceptors (Lipinski definition) is 7. The minimum Gasteiger partial charge on any atom is -0.508 e. The maximum Gasteiger partial charge on any atom is 0.303 e. The standard InChI is InChI=1S/C14H12N4O5/c1-9(11-4-2-3-5-14(11)19)15-16-12-7-6-10(17(20)21)8-13(12)18(22)23/h2-9,19H,1H3. The number of nitro benzene ring substituents is 2. The molecule has 9 heteroatoms. The summed E-state index contributed by atoms with van der Waals surface area (Å²) in [5.74, 6) is 0.0390. The average molecular weight is 316 g/mol. The fourth-order valence-electron chi connectivity index (χ4n) is 1.91. The van der Waals surface area contributed by atoms with E-state index >= 15 is 0 Å². The third kappa shape index (κ3) is 3.64. The molecular formula is C14H12N4O5. The number of rotatable bonds is 5. The Kier molecular flexibility index (Phi) is 4.60. The molecule has 0 radical (unpaired) electrons. The van der Waals surface area contributed by atoms with Gasteiger partial charge in [-0.05, 0) is 19.1 Å². The van der Waals surface area contributed by atoms with Crippen LogP contribution in [0.25, 0.3) is 0 Å². The first-order valence-corrected chi connectivity index (χ1v) is 6.51. The van der Waals surface area contributed by atoms with E-state index in [0.29, 0.717) is 5.56 Å². The summed E-state index contributed by atoms with van der Waals surface area (Å²) in [6.45, 7) is 1.66. The summed E-state index contributed by atoms with van der Waals surface area (Å²) in [4.78, 5) is 20.2. The smallest absolute Gasteiger partial charge is 0.303 e. The number of phenolic OH excluding ortho intramolecular Hbond substituents is 1. The van der Waals surface area contributed by atoms with Gasteiger partial charge in [0.1, 0.15) is 5.75 Å². The number of nitrogens with zero attached hydrogens (tertiary/aromatic N) is 4. The van der Waals surface area contributed by atoms with Crippen LogP contribution in [0.3, 0.4) is 0 Å². The van der Waals surface area contributed by atoms with Gasteiger partial charge in [-0.2, -0.15) is 5.11 Å². The molecule has 0 heterocycles. The Labute approximate surface area is 130 Å². The second-order valence-electron chi connectivity index (χ2n) is 4.64. The van der Waals surface area contributed by atoms with Crippen LogP contribution in [0.2, 0.25) is 0 Å². The van der Waals surface area contributed by atoms with Crippen LogP contribution in [0.5, 0.6) is 5.75 Å². The predicted octanol–water partition coefficient (Wildman–Crippen LogP) is 4.05. The Morgan fingerprint density at radius 3 is 2.39 bits per heavy atom. The molecule has 23 heavy (non-hydrogen) atoms. The van der Waals surface area contributed by atoms with Gasteiger partial charge in [-0.3, -0.25) is 20.2 Å². The van der Waals surface area contributed by atoms with Gasteiger partial charge in [0.05, 0.1) is 22.0 Å². The van der Waals surface area contributed by atoms with Crippen molar-refractivity contribution in [1.82, 2.24) is 0 Å². The lowest BCUT2D eigenvalue weighted by Crippen LogP contribution is -1.93. The van der Waals surface area contributed by atoms with Crippen LogP contribution in [0.1, 0.15) is 18.5 Å². The largest absolute Gasteiger partial charge is 0.508 e. The summed E-state index contributed by atoms with van der Waals surface area (Å²) in [5.41, 5.74) is -0.486. The monoisotopic (exact) mass is 316 g/mol. The van der Waals surface area contributed by atoms with E-state index in [0.717, 1.165) is 18.2 Å². The summed E-state index contributed by atoms with van der Waals surface area (Å²) < 4.78 is 0. The highest BCUT2D eigenvalue weighted by atomic mass is 16.6. The maximum atomic E-state index is 11.0. The fourth-order valence-corrected chi connectivity index (χ4v) is 1.91. The van der Waals surface area contributed by atoms with Crippen molar-refractivity contribution in [2.24, 2.45) is 10.2 Å². The maximum absolute atomic E-state index is 11.0. The van der Waals surface area contributed by atoms with E-state index in [-0.39, 0.29) is 11.4 Å². The van der Waals surface area contributed by atoms with Crippen molar-refractivity contribution in [2.45, 2.75) is 13.0 Å². The van der Waals surface area contributed by atoms with Crippen LogP contribution >= 0.6 is 0 Å². The number of benzene rings is 2. The van der Waals surface area contributed by atoms with Crippen molar-refractivity contribution < 1.29 is 15.0 Å². The predicted molar refractivity (Wildman–Crippen MR) is 80.8 cm³/mol. The zero-order valence-corrected chi connectivity index (χ0v) is 12.0. The Hall–Kier alpha value is -3.36. The number of non-ortho nitro benzene ring substituents is 1. The molecule has 0 spiro atoms. The Bertz CT molecular complexity index is 790. The van der Waals surface area contributed by atoms with Crippen LogP contribution in [-0.2, 0) is 0 Å². The molecule has 0 amide bonds. The molecule has 2 rings (SSSR count). The molecule has 0 aliphatic carbocycles. The minimum atomic E-state index is -0.758. The highest BCUT2D eigenvalue weighted by Gasteiger charge is 2.19. The number of para-hydroxylation sites is 1. The minimum absolute atomic E-state index is 0.0390. The van der Waals surface area contributed by atoms with E-state index in [4.69, 9.17) is 0 Å². The second-order valence-corrected chi connectivity index (χ2v) is 4.64. The van der Waals surface area contributed by atoms with Crippen molar-refractivity contribution in [3.8, 4) is 5.75 Å². The number of phenols is 1. The first-order valence-electron chi connectivity index (χ1n) is 6.51. The van der Waals surface area contributed by atoms with Crippen molar-refractivity contribution in [3.63, 3.8) is 0 Å². The summed E-state index contributed by atoms with van der Waals surface area (Å²) in [7, 11) is 0. The molecule has 0 bridgehead atoms. The normalized spacial score (nSPS) is 12.2. The van der Waals surface area contributed by atoms with Crippen molar-refractivity contribution >= 4 is 17.1 Å². The molecule has 0 saturated carbocycles. The van der Waals surface area contributed by atoms with E-state index < -0.39 is 27.3 Å². The topological polar surface area (TPSA) is 131 Å². The van der Waals surface area contributed by atoms with E-state index in [2.05, 4.69) is 10.2 Å². The molecule has 1 atom stereocenters. The van der Waals surface area contributed by atoms with Crippen molar-refractivity contribution in [3.05, 3.63) is 68.3 Å². The molecule has 2 aromatic rings. The van der Waals surface area contributed by atoms with Gasteiger partial charge >= 0.3 is 5.69 Å². The number of aromatic hydroxyl groups is 1. The van der Waals surface area contributed by atoms with Gasteiger partial charge in [-0.25, -0.2) is 0 Å². The number of nitro groups is 2. The lowest BCUT2D eigenvalue weighted by molar-refractivity contribution is -0.393. The molecule has 0 saturated heterocycles. The Balaban J connectivity index is 2.34. The second kappa shape index (κ2) is 6.60. The van der Waals surface area contributed by atoms with Gasteiger partial charge in [0.15, 0.2) is 5.69 Å². The number of hydrogen-bond donors (Lipinski definition) is 1.